The van der Waals surface area contributed by atoms with E-state index in [9.17, 15) is 8.42 Å². The fraction of sp³-hybridized carbons (Fsp3) is 0. The van der Waals surface area contributed by atoms with Gasteiger partial charge in [0.2, 0.25) is 9.84 Å². The molecule has 0 saturated carbocycles. The lowest BCUT2D eigenvalue weighted by molar-refractivity contribution is 0.601. The van der Waals surface area contributed by atoms with Gasteiger partial charge < -0.3 is 5.73 Å². The zero-order valence-electron chi connectivity index (χ0n) is 6.40. The van der Waals surface area contributed by atoms with Crippen LogP contribution in [0.1, 0.15) is 0 Å². The molecule has 4 heteroatoms. The standard InChI is InChI=1S/C8H9NO2S/c1-7(9)12(10,11)8-5-3-2-4-6-8/h2-6H,1,9H2. The molecule has 64 valence electrons. The highest BCUT2D eigenvalue weighted by molar-refractivity contribution is 7.95. The van der Waals surface area contributed by atoms with Crippen LogP contribution in [0.15, 0.2) is 46.8 Å². The average molecular weight is 183 g/mol. The van der Waals surface area contributed by atoms with Crippen molar-refractivity contribution in [3.05, 3.63) is 41.9 Å². The molecule has 0 spiro atoms. The van der Waals surface area contributed by atoms with E-state index in [1.807, 2.05) is 0 Å². The molecule has 0 heterocycles. The number of benzene rings is 1. The fourth-order valence-electron chi connectivity index (χ4n) is 0.751. The van der Waals surface area contributed by atoms with E-state index in [2.05, 4.69) is 6.58 Å². The molecule has 0 radical (unpaired) electrons. The summed E-state index contributed by atoms with van der Waals surface area (Å²) in [4.78, 5) is 0.178. The van der Waals surface area contributed by atoms with Crippen LogP contribution < -0.4 is 5.73 Å². The SMILES string of the molecule is C=C(N)S(=O)(=O)c1ccccc1. The molecule has 1 aromatic rings. The van der Waals surface area contributed by atoms with Crippen molar-refractivity contribution in [1.29, 1.82) is 0 Å². The van der Waals surface area contributed by atoms with Gasteiger partial charge in [0.15, 0.2) is 0 Å². The minimum Gasteiger partial charge on any atom is -0.390 e. The first-order valence-corrected chi connectivity index (χ1v) is 4.78. The van der Waals surface area contributed by atoms with E-state index in [1.54, 1.807) is 18.2 Å². The Morgan fingerprint density at radius 1 is 1.25 bits per heavy atom. The maximum Gasteiger partial charge on any atom is 0.220 e. The lowest BCUT2D eigenvalue weighted by atomic mass is 10.4. The molecular formula is C8H9NO2S. The molecule has 0 atom stereocenters. The molecule has 0 aliphatic rings. The fourth-order valence-corrected chi connectivity index (χ4v) is 1.57. The Morgan fingerprint density at radius 3 is 2.17 bits per heavy atom. The third kappa shape index (κ3) is 1.48. The van der Waals surface area contributed by atoms with Crippen LogP contribution in [0.3, 0.4) is 0 Å². The van der Waals surface area contributed by atoms with Gasteiger partial charge in [-0.15, -0.1) is 0 Å². The van der Waals surface area contributed by atoms with Gasteiger partial charge in [0, 0.05) is 0 Å². The van der Waals surface area contributed by atoms with Crippen molar-refractivity contribution in [2.45, 2.75) is 4.90 Å². The van der Waals surface area contributed by atoms with Crippen molar-refractivity contribution in [2.24, 2.45) is 5.73 Å². The molecule has 0 unspecified atom stereocenters. The van der Waals surface area contributed by atoms with Crippen LogP contribution in [-0.4, -0.2) is 8.42 Å². The van der Waals surface area contributed by atoms with Crippen molar-refractivity contribution in [1.82, 2.24) is 0 Å². The number of hydrogen-bond donors (Lipinski definition) is 1. The monoisotopic (exact) mass is 183 g/mol. The Hall–Kier alpha value is -1.29. The van der Waals surface area contributed by atoms with Gasteiger partial charge in [-0.3, -0.25) is 0 Å². The zero-order chi connectivity index (χ0) is 9.19. The van der Waals surface area contributed by atoms with Crippen LogP contribution in [0, 0.1) is 0 Å². The van der Waals surface area contributed by atoms with E-state index in [-0.39, 0.29) is 9.92 Å². The normalized spacial score (nSPS) is 11.0. The second-order valence-corrected chi connectivity index (χ2v) is 4.29. The van der Waals surface area contributed by atoms with Gasteiger partial charge in [0.05, 0.1) is 4.90 Å². The summed E-state index contributed by atoms with van der Waals surface area (Å²) >= 11 is 0. The number of rotatable bonds is 2. The molecule has 0 aliphatic heterocycles. The Bertz CT molecular complexity index is 381. The maximum atomic E-state index is 11.3. The highest BCUT2D eigenvalue weighted by Crippen LogP contribution is 2.13. The van der Waals surface area contributed by atoms with E-state index in [4.69, 9.17) is 5.73 Å². The van der Waals surface area contributed by atoms with Crippen molar-refractivity contribution in [3.8, 4) is 0 Å². The predicted molar refractivity (Wildman–Crippen MR) is 47.0 cm³/mol. The molecule has 0 saturated heterocycles. The summed E-state index contributed by atoms with van der Waals surface area (Å²) in [6, 6.07) is 7.96. The van der Waals surface area contributed by atoms with E-state index < -0.39 is 9.84 Å². The first kappa shape index (κ1) is 8.80. The zero-order valence-corrected chi connectivity index (χ0v) is 7.21. The van der Waals surface area contributed by atoms with Crippen molar-refractivity contribution in [2.75, 3.05) is 0 Å². The molecule has 0 amide bonds. The highest BCUT2D eigenvalue weighted by Gasteiger charge is 2.14. The Morgan fingerprint density at radius 2 is 1.75 bits per heavy atom. The molecule has 1 rings (SSSR count). The number of sulfone groups is 1. The van der Waals surface area contributed by atoms with Crippen LogP contribution in [0.25, 0.3) is 0 Å². The molecule has 12 heavy (non-hydrogen) atoms. The molecular weight excluding hydrogens is 174 g/mol. The molecule has 1 aromatic carbocycles. The second-order valence-electron chi connectivity index (χ2n) is 2.28. The first-order chi connectivity index (χ1) is 5.55. The minimum atomic E-state index is -3.49. The molecule has 3 nitrogen and oxygen atoms in total. The Labute approximate surface area is 71.4 Å². The third-order valence-corrected chi connectivity index (χ3v) is 2.98. The summed E-state index contributed by atoms with van der Waals surface area (Å²) in [7, 11) is -3.49. The summed E-state index contributed by atoms with van der Waals surface area (Å²) in [5.41, 5.74) is 5.12. The van der Waals surface area contributed by atoms with Gasteiger partial charge in [0.25, 0.3) is 0 Å². The summed E-state index contributed by atoms with van der Waals surface area (Å²) in [5.74, 6) is 0. The van der Waals surface area contributed by atoms with Gasteiger partial charge in [-0.05, 0) is 12.1 Å². The Kier molecular flexibility index (Phi) is 2.19. The number of nitrogens with two attached hydrogens (primary N) is 1. The first-order valence-electron chi connectivity index (χ1n) is 3.29. The summed E-state index contributed by atoms with van der Waals surface area (Å²) in [6.45, 7) is 3.19. The molecule has 0 aliphatic carbocycles. The van der Waals surface area contributed by atoms with Crippen LogP contribution in [-0.2, 0) is 9.84 Å². The topological polar surface area (TPSA) is 60.2 Å². The largest absolute Gasteiger partial charge is 0.390 e. The van der Waals surface area contributed by atoms with Gasteiger partial charge >= 0.3 is 0 Å². The van der Waals surface area contributed by atoms with Gasteiger partial charge in [-0.2, -0.15) is 0 Å². The summed E-state index contributed by atoms with van der Waals surface area (Å²) < 4.78 is 22.6. The molecule has 0 fully saturated rings. The number of hydrogen-bond acceptors (Lipinski definition) is 3. The lowest BCUT2D eigenvalue weighted by Crippen LogP contribution is -2.10. The van der Waals surface area contributed by atoms with E-state index in [1.165, 1.54) is 12.1 Å². The highest BCUT2D eigenvalue weighted by atomic mass is 32.2. The van der Waals surface area contributed by atoms with Crippen molar-refractivity contribution in [3.63, 3.8) is 0 Å². The van der Waals surface area contributed by atoms with Crippen LogP contribution >= 0.6 is 0 Å². The van der Waals surface area contributed by atoms with Gasteiger partial charge in [-0.25, -0.2) is 8.42 Å². The average Bonchev–Trinajstić information content (AvgIpc) is 2.06. The minimum absolute atomic E-state index is 0.178. The maximum absolute atomic E-state index is 11.3. The Balaban J connectivity index is 3.26. The van der Waals surface area contributed by atoms with Crippen molar-refractivity contribution < 1.29 is 8.42 Å². The van der Waals surface area contributed by atoms with Gasteiger partial charge in [-0.1, -0.05) is 24.8 Å². The summed E-state index contributed by atoms with van der Waals surface area (Å²) in [5, 5.41) is -0.325. The second kappa shape index (κ2) is 2.98. The van der Waals surface area contributed by atoms with E-state index in [0.717, 1.165) is 0 Å². The molecule has 0 bridgehead atoms. The lowest BCUT2D eigenvalue weighted by Gasteiger charge is -2.01. The smallest absolute Gasteiger partial charge is 0.220 e. The quantitative estimate of drug-likeness (QED) is 0.740. The third-order valence-electron chi connectivity index (χ3n) is 1.40. The van der Waals surface area contributed by atoms with E-state index in [0.29, 0.717) is 0 Å². The molecule has 2 N–H and O–H groups in total. The molecule has 0 aromatic heterocycles. The summed E-state index contributed by atoms with van der Waals surface area (Å²) in [6.07, 6.45) is 0. The van der Waals surface area contributed by atoms with Crippen LogP contribution in [0.4, 0.5) is 0 Å². The predicted octanol–water partition coefficient (Wildman–Crippen LogP) is 0.890. The van der Waals surface area contributed by atoms with Crippen LogP contribution in [0.2, 0.25) is 0 Å². The van der Waals surface area contributed by atoms with Crippen molar-refractivity contribution >= 4 is 9.84 Å². The van der Waals surface area contributed by atoms with E-state index >= 15 is 0 Å². The van der Waals surface area contributed by atoms with Gasteiger partial charge in [0.1, 0.15) is 5.03 Å². The van der Waals surface area contributed by atoms with Crippen LogP contribution in [0.5, 0.6) is 0 Å².